The Morgan fingerprint density at radius 2 is 1.77 bits per heavy atom. The molecule has 0 fully saturated rings. The topological polar surface area (TPSA) is 99.8 Å². The van der Waals surface area contributed by atoms with E-state index < -0.39 is 17.0 Å². The maximum atomic E-state index is 12.4. The first-order valence-electron chi connectivity index (χ1n) is 6.98. The molecule has 0 atom stereocenters. The highest BCUT2D eigenvalue weighted by Gasteiger charge is 2.25. The Kier molecular flexibility index (Phi) is 3.16. The predicted molar refractivity (Wildman–Crippen MR) is 80.7 cm³/mol. The van der Waals surface area contributed by atoms with Crippen molar-refractivity contribution in [3.63, 3.8) is 0 Å². The Bertz CT molecular complexity index is 892. The van der Waals surface area contributed by atoms with Crippen molar-refractivity contribution in [3.8, 4) is 11.5 Å². The molecule has 0 saturated carbocycles. The number of hydrogen-bond acceptors (Lipinski definition) is 4. The van der Waals surface area contributed by atoms with Gasteiger partial charge in [-0.25, -0.2) is 4.79 Å². The summed E-state index contributed by atoms with van der Waals surface area (Å²) in [5.41, 5.74) is 0.0451. The van der Waals surface area contributed by atoms with E-state index in [0.29, 0.717) is 30.5 Å². The second-order valence-electron chi connectivity index (χ2n) is 5.22. The van der Waals surface area contributed by atoms with Crippen molar-refractivity contribution < 1.29 is 20.1 Å². The van der Waals surface area contributed by atoms with Gasteiger partial charge in [0, 0.05) is 23.9 Å². The van der Waals surface area contributed by atoms with Gasteiger partial charge in [-0.3, -0.25) is 4.79 Å². The zero-order valence-corrected chi connectivity index (χ0v) is 12.0. The maximum Gasteiger partial charge on any atom is 0.341 e. The zero-order valence-electron chi connectivity index (χ0n) is 12.0. The van der Waals surface area contributed by atoms with Crippen molar-refractivity contribution in [1.29, 1.82) is 0 Å². The molecule has 22 heavy (non-hydrogen) atoms. The van der Waals surface area contributed by atoms with Gasteiger partial charge in [0.15, 0.2) is 0 Å². The Morgan fingerprint density at radius 1 is 1.18 bits per heavy atom. The van der Waals surface area contributed by atoms with E-state index in [4.69, 9.17) is 0 Å². The third-order valence-corrected chi connectivity index (χ3v) is 4.06. The van der Waals surface area contributed by atoms with Gasteiger partial charge in [0.05, 0.1) is 10.9 Å². The quantitative estimate of drug-likeness (QED) is 0.580. The van der Waals surface area contributed by atoms with Gasteiger partial charge in [0.25, 0.3) is 0 Å². The number of carbonyl (C=O) groups is 1. The number of aromatic hydroxyl groups is 2. The number of carboxylic acids is 1. The van der Waals surface area contributed by atoms with E-state index >= 15 is 0 Å². The van der Waals surface area contributed by atoms with Crippen LogP contribution in [0.5, 0.6) is 11.5 Å². The molecule has 0 unspecified atom stereocenters. The smallest absolute Gasteiger partial charge is 0.341 e. The number of phenolic OH excluding ortho intramolecular Hbond substituents is 2. The number of fused-ring (bicyclic) bond motifs is 2. The molecule has 0 amide bonds. The minimum atomic E-state index is -1.36. The predicted octanol–water partition coefficient (Wildman–Crippen LogP) is 1.79. The summed E-state index contributed by atoms with van der Waals surface area (Å²) in [4.78, 5) is 23.7. The van der Waals surface area contributed by atoms with Crippen LogP contribution >= 0.6 is 0 Å². The lowest BCUT2D eigenvalue weighted by molar-refractivity contribution is 0.0695. The number of benzene rings is 1. The van der Waals surface area contributed by atoms with Gasteiger partial charge in [-0.2, -0.15) is 0 Å². The molecular weight excluding hydrogens is 286 g/mol. The fraction of sp³-hybridized carbons (Fsp3) is 0.250. The van der Waals surface area contributed by atoms with Crippen molar-refractivity contribution in [2.45, 2.75) is 26.3 Å². The Labute approximate surface area is 125 Å². The summed E-state index contributed by atoms with van der Waals surface area (Å²) in [6, 6.07) is 0. The normalized spacial score (nSPS) is 13.3. The standard InChI is InChI=1S/C16H15NO5/c1-2-17-7-10(16(21)22)14(19)11-12(17)15(20)9-6-4-3-5-8(9)13(11)18/h3-4,7,18,20H,2,5-6H2,1H3,(H,21,22). The van der Waals surface area contributed by atoms with E-state index in [-0.39, 0.29) is 22.4 Å². The average molecular weight is 301 g/mol. The van der Waals surface area contributed by atoms with Crippen molar-refractivity contribution in [3.05, 3.63) is 45.3 Å². The third kappa shape index (κ3) is 1.80. The van der Waals surface area contributed by atoms with Crippen LogP contribution in [0.15, 0.2) is 23.1 Å². The van der Waals surface area contributed by atoms with Crippen LogP contribution in [0, 0.1) is 0 Å². The summed E-state index contributed by atoms with van der Waals surface area (Å²) in [6.07, 6.45) is 5.79. The average Bonchev–Trinajstić information content (AvgIpc) is 2.52. The first-order valence-corrected chi connectivity index (χ1v) is 6.98. The number of aromatic nitrogens is 1. The van der Waals surface area contributed by atoms with Crippen molar-refractivity contribution >= 4 is 16.9 Å². The summed E-state index contributed by atoms with van der Waals surface area (Å²) >= 11 is 0. The first-order chi connectivity index (χ1) is 10.5. The molecule has 114 valence electrons. The molecule has 2 aromatic rings. The minimum Gasteiger partial charge on any atom is -0.507 e. The molecule has 3 N–H and O–H groups in total. The number of hydrogen-bond donors (Lipinski definition) is 3. The third-order valence-electron chi connectivity index (χ3n) is 4.06. The second kappa shape index (κ2) is 4.91. The number of aryl methyl sites for hydroxylation is 1. The van der Waals surface area contributed by atoms with Crippen LogP contribution in [-0.2, 0) is 19.4 Å². The molecular formula is C16H15NO5. The Balaban J connectivity index is 2.57. The molecule has 1 aromatic carbocycles. The molecule has 6 nitrogen and oxygen atoms in total. The van der Waals surface area contributed by atoms with Crippen LogP contribution in [0.2, 0.25) is 0 Å². The van der Waals surface area contributed by atoms with Gasteiger partial charge in [0.2, 0.25) is 5.43 Å². The van der Waals surface area contributed by atoms with Gasteiger partial charge >= 0.3 is 5.97 Å². The molecule has 0 saturated heterocycles. The van der Waals surface area contributed by atoms with Crippen molar-refractivity contribution in [2.75, 3.05) is 0 Å². The van der Waals surface area contributed by atoms with Crippen LogP contribution in [0.1, 0.15) is 28.4 Å². The summed E-state index contributed by atoms with van der Waals surface area (Å²) in [5.74, 6) is -1.66. The number of rotatable bonds is 2. The van der Waals surface area contributed by atoms with E-state index in [1.54, 1.807) is 6.92 Å². The number of nitrogens with zero attached hydrogens (tertiary/aromatic N) is 1. The molecule has 0 radical (unpaired) electrons. The number of allylic oxidation sites excluding steroid dienone is 2. The molecule has 6 heteroatoms. The first kappa shape index (κ1) is 14.2. The van der Waals surface area contributed by atoms with Gasteiger partial charge in [-0.15, -0.1) is 0 Å². The Morgan fingerprint density at radius 3 is 2.32 bits per heavy atom. The van der Waals surface area contributed by atoms with Gasteiger partial charge in [0.1, 0.15) is 17.1 Å². The Hall–Kier alpha value is -2.76. The molecule has 1 aliphatic rings. The molecule has 0 aliphatic heterocycles. The van der Waals surface area contributed by atoms with Crippen LogP contribution < -0.4 is 5.43 Å². The van der Waals surface area contributed by atoms with Crippen LogP contribution in [0.25, 0.3) is 10.9 Å². The molecule has 3 rings (SSSR count). The summed E-state index contributed by atoms with van der Waals surface area (Å²) < 4.78 is 1.48. The molecule has 0 spiro atoms. The monoisotopic (exact) mass is 301 g/mol. The summed E-state index contributed by atoms with van der Waals surface area (Å²) in [7, 11) is 0. The zero-order chi connectivity index (χ0) is 16.0. The van der Waals surface area contributed by atoms with Crippen molar-refractivity contribution in [1.82, 2.24) is 4.57 Å². The lowest BCUT2D eigenvalue weighted by Gasteiger charge is -2.20. The highest BCUT2D eigenvalue weighted by atomic mass is 16.4. The molecule has 1 heterocycles. The van der Waals surface area contributed by atoms with E-state index in [1.807, 2.05) is 12.2 Å². The maximum absolute atomic E-state index is 12.4. The summed E-state index contributed by atoms with van der Waals surface area (Å²) in [6.45, 7) is 2.13. The highest BCUT2D eigenvalue weighted by molar-refractivity contribution is 5.98. The van der Waals surface area contributed by atoms with Gasteiger partial charge < -0.3 is 19.9 Å². The SMILES string of the molecule is CCn1cc(C(=O)O)c(=O)c2c(O)c3c(c(O)c21)CC=CC3. The van der Waals surface area contributed by atoms with Crippen LogP contribution in [0.4, 0.5) is 0 Å². The summed E-state index contributed by atoms with van der Waals surface area (Å²) in [5, 5.41) is 30.1. The molecule has 1 aromatic heterocycles. The molecule has 1 aliphatic carbocycles. The van der Waals surface area contributed by atoms with Gasteiger partial charge in [-0.05, 0) is 19.8 Å². The second-order valence-corrected chi connectivity index (χ2v) is 5.22. The number of aromatic carboxylic acids is 1. The van der Waals surface area contributed by atoms with Crippen LogP contribution in [-0.4, -0.2) is 25.9 Å². The van der Waals surface area contributed by atoms with Crippen LogP contribution in [0.3, 0.4) is 0 Å². The number of phenols is 2. The minimum absolute atomic E-state index is 0.0666. The fourth-order valence-corrected chi connectivity index (χ4v) is 2.96. The van der Waals surface area contributed by atoms with E-state index in [2.05, 4.69) is 0 Å². The van der Waals surface area contributed by atoms with E-state index in [9.17, 15) is 24.9 Å². The largest absolute Gasteiger partial charge is 0.507 e. The van der Waals surface area contributed by atoms with Crippen molar-refractivity contribution in [2.24, 2.45) is 0 Å². The highest BCUT2D eigenvalue weighted by Crippen LogP contribution is 2.40. The number of carboxylic acid groups (broad SMARTS) is 1. The van der Waals surface area contributed by atoms with E-state index in [0.717, 1.165) is 0 Å². The van der Waals surface area contributed by atoms with Gasteiger partial charge in [-0.1, -0.05) is 12.2 Å². The fourth-order valence-electron chi connectivity index (χ4n) is 2.96. The lowest BCUT2D eigenvalue weighted by atomic mass is 9.91. The lowest BCUT2D eigenvalue weighted by Crippen LogP contribution is -2.20. The number of pyridine rings is 1. The van der Waals surface area contributed by atoms with E-state index in [1.165, 1.54) is 10.8 Å². The molecule has 0 bridgehead atoms.